The quantitative estimate of drug-likeness (QED) is 0.367. The Hall–Kier alpha value is -2.66. The fraction of sp³-hybridized carbons (Fsp3) is 0.452. The van der Waals surface area contributed by atoms with Gasteiger partial charge in [0, 0.05) is 33.2 Å². The molecule has 40 heavy (non-hydrogen) atoms. The second-order valence-electron chi connectivity index (χ2n) is 10.6. The Kier molecular flexibility index (Phi) is 9.96. The molecule has 2 aliphatic heterocycles. The lowest BCUT2D eigenvalue weighted by molar-refractivity contribution is -0.141. The largest absolute Gasteiger partial charge is 0.379 e. The molecule has 0 aliphatic carbocycles. The average Bonchev–Trinajstić information content (AvgIpc) is 3.00. The number of amides is 1. The van der Waals surface area contributed by atoms with E-state index < -0.39 is 17.4 Å². The van der Waals surface area contributed by atoms with Crippen LogP contribution in [0.2, 0.25) is 0 Å². The summed E-state index contributed by atoms with van der Waals surface area (Å²) in [5.74, 6) is -0.125. The van der Waals surface area contributed by atoms with Gasteiger partial charge in [-0.05, 0) is 34.7 Å². The monoisotopic (exact) mass is 565 g/mol. The number of hydrogen-bond acceptors (Lipinski definition) is 5. The lowest BCUT2D eigenvalue weighted by Gasteiger charge is -2.38. The second kappa shape index (κ2) is 13.8. The summed E-state index contributed by atoms with van der Waals surface area (Å²) in [5, 5.41) is 2.10. The van der Waals surface area contributed by atoms with E-state index in [9.17, 15) is 13.6 Å². The summed E-state index contributed by atoms with van der Waals surface area (Å²) in [6, 6.07) is 23.8. The van der Waals surface area contributed by atoms with Gasteiger partial charge < -0.3 is 14.4 Å². The molecule has 3 aromatic carbocycles. The van der Waals surface area contributed by atoms with E-state index in [1.165, 1.54) is 0 Å². The van der Waals surface area contributed by atoms with Crippen molar-refractivity contribution in [2.24, 2.45) is 0 Å². The topological polar surface area (TPSA) is 82.5 Å². The molecule has 5 rings (SSSR count). The van der Waals surface area contributed by atoms with E-state index in [-0.39, 0.29) is 24.6 Å². The number of hydrogen-bond donors (Lipinski definition) is 1. The molecule has 4 atom stereocenters. The molecule has 1 amide bonds. The molecule has 8 nitrogen and oxygen atoms in total. The van der Waals surface area contributed by atoms with Gasteiger partial charge in [0.05, 0.1) is 25.3 Å². The van der Waals surface area contributed by atoms with E-state index in [1.807, 2.05) is 67.7 Å². The van der Waals surface area contributed by atoms with Crippen molar-refractivity contribution in [1.82, 2.24) is 14.1 Å². The maximum absolute atomic E-state index is 13.7. The first-order valence-electron chi connectivity index (χ1n) is 14.1. The highest BCUT2D eigenvalue weighted by Gasteiger charge is 2.36. The maximum Gasteiger partial charge on any atom is 0.248 e. The van der Waals surface area contributed by atoms with Crippen LogP contribution >= 0.6 is 0 Å². The van der Waals surface area contributed by atoms with Gasteiger partial charge >= 0.3 is 0 Å². The number of likely N-dealkylation sites (N-methyl/N-ethyl adjacent to an activating group) is 1. The van der Waals surface area contributed by atoms with Gasteiger partial charge in [-0.25, -0.2) is 4.21 Å². The number of carbonyl (C=O) groups excluding carboxylic acids is 1. The van der Waals surface area contributed by atoms with Gasteiger partial charge in [0.1, 0.15) is 12.7 Å². The number of fused-ring (bicyclic) bond motifs is 1. The van der Waals surface area contributed by atoms with Crippen molar-refractivity contribution in [3.8, 4) is 0 Å². The standard InChI is InChI=1S/C31H39N3O5S/c1-32(29(25-11-3-2-4-12-25)22-33-18-20-38-21-19-33)30(35)23-39-31(28-16-7-8-17-34(28)40(36)37)27-15-9-13-24-10-5-6-14-26(24)27/h2-6,9-15,28-29,31H,7-8,16-23H2,1H3,(H,36,37). The summed E-state index contributed by atoms with van der Waals surface area (Å²) < 4.78 is 36.1. The van der Waals surface area contributed by atoms with Crippen LogP contribution in [0.5, 0.6) is 0 Å². The van der Waals surface area contributed by atoms with E-state index in [4.69, 9.17) is 9.47 Å². The summed E-state index contributed by atoms with van der Waals surface area (Å²) in [6.45, 7) is 4.16. The predicted molar refractivity (Wildman–Crippen MR) is 157 cm³/mol. The first kappa shape index (κ1) is 28.9. The highest BCUT2D eigenvalue weighted by molar-refractivity contribution is 7.76. The van der Waals surface area contributed by atoms with Crippen LogP contribution in [0.3, 0.4) is 0 Å². The molecule has 2 aliphatic rings. The number of piperidine rings is 1. The Morgan fingerprint density at radius 1 is 1.02 bits per heavy atom. The molecule has 1 N–H and O–H groups in total. The fourth-order valence-corrected chi connectivity index (χ4v) is 6.66. The van der Waals surface area contributed by atoms with Crippen molar-refractivity contribution < 1.29 is 23.0 Å². The number of rotatable bonds is 10. The number of nitrogens with zero attached hydrogens (tertiary/aromatic N) is 3. The number of carbonyl (C=O) groups is 1. The minimum Gasteiger partial charge on any atom is -0.379 e. The van der Waals surface area contributed by atoms with Crippen molar-refractivity contribution in [3.63, 3.8) is 0 Å². The van der Waals surface area contributed by atoms with Crippen LogP contribution in [0.25, 0.3) is 10.8 Å². The Bertz CT molecular complexity index is 1280. The van der Waals surface area contributed by atoms with E-state index in [1.54, 1.807) is 9.21 Å². The van der Waals surface area contributed by atoms with Gasteiger partial charge in [-0.3, -0.25) is 14.2 Å². The number of benzene rings is 3. The van der Waals surface area contributed by atoms with Crippen LogP contribution < -0.4 is 0 Å². The molecule has 0 bridgehead atoms. The number of ether oxygens (including phenoxy) is 2. The highest BCUT2D eigenvalue weighted by atomic mass is 32.2. The van der Waals surface area contributed by atoms with Crippen LogP contribution in [-0.2, 0) is 25.5 Å². The molecule has 0 spiro atoms. The van der Waals surface area contributed by atoms with Gasteiger partial charge in [-0.15, -0.1) is 0 Å². The second-order valence-corrected chi connectivity index (χ2v) is 11.5. The van der Waals surface area contributed by atoms with Gasteiger partial charge in [-0.1, -0.05) is 79.2 Å². The van der Waals surface area contributed by atoms with E-state index in [0.717, 1.165) is 47.8 Å². The molecule has 4 unspecified atom stereocenters. The van der Waals surface area contributed by atoms with Gasteiger partial charge in [0.25, 0.3) is 0 Å². The molecule has 0 saturated carbocycles. The molecule has 9 heteroatoms. The minimum absolute atomic E-state index is 0.125. The van der Waals surface area contributed by atoms with Crippen LogP contribution in [-0.4, -0.2) is 87.9 Å². The maximum atomic E-state index is 13.7. The first-order valence-corrected chi connectivity index (χ1v) is 15.2. The van der Waals surface area contributed by atoms with Gasteiger partial charge in [0.15, 0.2) is 0 Å². The molecular weight excluding hydrogens is 526 g/mol. The van der Waals surface area contributed by atoms with Gasteiger partial charge in [-0.2, -0.15) is 4.31 Å². The van der Waals surface area contributed by atoms with Crippen LogP contribution in [0.4, 0.5) is 0 Å². The summed E-state index contributed by atoms with van der Waals surface area (Å²) in [4.78, 5) is 17.9. The van der Waals surface area contributed by atoms with E-state index >= 15 is 0 Å². The molecular formula is C31H39N3O5S. The fourth-order valence-electron chi connectivity index (χ4n) is 5.93. The predicted octanol–water partition coefficient (Wildman–Crippen LogP) is 4.42. The first-order chi connectivity index (χ1) is 19.5. The van der Waals surface area contributed by atoms with Crippen molar-refractivity contribution in [2.45, 2.75) is 37.5 Å². The lowest BCUT2D eigenvalue weighted by atomic mass is 9.91. The molecule has 2 saturated heterocycles. The summed E-state index contributed by atoms with van der Waals surface area (Å²) in [5.41, 5.74) is 2.01. The third-order valence-corrected chi connectivity index (χ3v) is 9.00. The molecule has 214 valence electrons. The zero-order valence-corrected chi connectivity index (χ0v) is 23.9. The molecule has 3 aromatic rings. The van der Waals surface area contributed by atoms with Crippen LogP contribution in [0.15, 0.2) is 72.8 Å². The van der Waals surface area contributed by atoms with Crippen LogP contribution in [0, 0.1) is 0 Å². The van der Waals surface area contributed by atoms with Crippen molar-refractivity contribution in [3.05, 3.63) is 83.9 Å². The Morgan fingerprint density at radius 3 is 2.52 bits per heavy atom. The summed E-state index contributed by atoms with van der Waals surface area (Å²) in [7, 11) is 1.84. The lowest BCUT2D eigenvalue weighted by Crippen LogP contribution is -2.46. The highest BCUT2D eigenvalue weighted by Crippen LogP contribution is 2.36. The zero-order chi connectivity index (χ0) is 27.9. The SMILES string of the molecule is CN(C(=O)COC(c1cccc2ccccc12)C1CCCCN1S(=O)O)C(CN1CCOCC1)c1ccccc1. The van der Waals surface area contributed by atoms with Crippen molar-refractivity contribution in [2.75, 3.05) is 53.0 Å². The third kappa shape index (κ3) is 6.79. The van der Waals surface area contributed by atoms with Gasteiger partial charge in [0.2, 0.25) is 17.2 Å². The summed E-state index contributed by atoms with van der Waals surface area (Å²) >= 11 is -2.13. The average molecular weight is 566 g/mol. The molecule has 2 fully saturated rings. The van der Waals surface area contributed by atoms with Crippen molar-refractivity contribution in [1.29, 1.82) is 0 Å². The normalized spacial score (nSPS) is 21.1. The Balaban J connectivity index is 1.40. The smallest absolute Gasteiger partial charge is 0.248 e. The molecule has 2 heterocycles. The third-order valence-electron chi connectivity index (χ3n) is 8.14. The number of morpholine rings is 1. The van der Waals surface area contributed by atoms with E-state index in [0.29, 0.717) is 32.7 Å². The van der Waals surface area contributed by atoms with E-state index in [2.05, 4.69) is 17.0 Å². The van der Waals surface area contributed by atoms with Crippen molar-refractivity contribution >= 4 is 27.9 Å². The Morgan fingerprint density at radius 2 is 1.75 bits per heavy atom. The molecule has 0 aromatic heterocycles. The Labute approximate surface area is 239 Å². The molecule has 0 radical (unpaired) electrons. The zero-order valence-electron chi connectivity index (χ0n) is 23.1. The summed E-state index contributed by atoms with van der Waals surface area (Å²) in [6.07, 6.45) is 1.97. The minimum atomic E-state index is -2.13. The van der Waals surface area contributed by atoms with Crippen LogP contribution in [0.1, 0.15) is 42.5 Å².